The van der Waals surface area contributed by atoms with Gasteiger partial charge in [0.1, 0.15) is 17.3 Å². The predicted octanol–water partition coefficient (Wildman–Crippen LogP) is 7.87. The fourth-order valence-corrected chi connectivity index (χ4v) is 4.29. The molecule has 0 saturated carbocycles. The van der Waals surface area contributed by atoms with E-state index in [-0.39, 0.29) is 6.42 Å². The van der Waals surface area contributed by atoms with Crippen LogP contribution in [0.3, 0.4) is 0 Å². The van der Waals surface area contributed by atoms with Crippen LogP contribution in [0.1, 0.15) is 12.0 Å². The van der Waals surface area contributed by atoms with Crippen LogP contribution >= 0.6 is 46.4 Å². The first-order valence-electron chi connectivity index (χ1n) is 9.57. The summed E-state index contributed by atoms with van der Waals surface area (Å²) >= 11 is 26.2. The molecule has 4 N–H and O–H groups in total. The number of halogens is 4. The van der Waals surface area contributed by atoms with Gasteiger partial charge in [0.15, 0.2) is 10.1 Å². The van der Waals surface area contributed by atoms with Gasteiger partial charge >= 0.3 is 0 Å². The monoisotopic (exact) mass is 506 g/mol. The van der Waals surface area contributed by atoms with Gasteiger partial charge in [-0.05, 0) is 53.6 Å². The third kappa shape index (κ3) is 5.11. The van der Waals surface area contributed by atoms with E-state index in [1.807, 2.05) is 6.08 Å². The smallest absolute Gasteiger partial charge is 0.179 e. The highest BCUT2D eigenvalue weighted by molar-refractivity contribution is 6.51. The summed E-state index contributed by atoms with van der Waals surface area (Å²) in [6.07, 6.45) is 3.87. The Morgan fingerprint density at radius 3 is 1.84 bits per heavy atom. The van der Waals surface area contributed by atoms with E-state index < -0.39 is 4.33 Å². The first kappa shape index (κ1) is 22.7. The molecular formula is C24H18Cl4N2O2. The minimum absolute atomic E-state index is 0.284. The van der Waals surface area contributed by atoms with E-state index in [9.17, 15) is 0 Å². The molecular weight excluding hydrogens is 490 g/mol. The maximum atomic E-state index is 6.60. The summed E-state index contributed by atoms with van der Waals surface area (Å²) in [7, 11) is 0. The van der Waals surface area contributed by atoms with Gasteiger partial charge in [-0.1, -0.05) is 64.6 Å². The van der Waals surface area contributed by atoms with Crippen LogP contribution in [0.4, 0.5) is 11.4 Å². The van der Waals surface area contributed by atoms with Crippen LogP contribution in [0, 0.1) is 0 Å². The van der Waals surface area contributed by atoms with Gasteiger partial charge in [0, 0.05) is 29.9 Å². The number of anilines is 2. The highest BCUT2D eigenvalue weighted by atomic mass is 35.5. The number of benzene rings is 3. The molecule has 4 rings (SSSR count). The number of ether oxygens (including phenoxy) is 2. The van der Waals surface area contributed by atoms with E-state index >= 15 is 0 Å². The standard InChI is InChI=1S/C24H18Cl4N2O2/c25-20-9-15(10-21(26)23(20)32-19-6-2-4-17(30)12-19)14-7-8-22(24(27,28)13-14)31-18-5-1-3-16(29)11-18/h1-12H,13,29-30H2. The van der Waals surface area contributed by atoms with Crippen molar-refractivity contribution in [3.05, 3.63) is 94.2 Å². The zero-order valence-electron chi connectivity index (χ0n) is 16.6. The van der Waals surface area contributed by atoms with Crippen molar-refractivity contribution >= 4 is 63.4 Å². The summed E-state index contributed by atoms with van der Waals surface area (Å²) in [4.78, 5) is 0. The molecule has 8 heteroatoms. The molecule has 0 unspecified atom stereocenters. The average molecular weight is 508 g/mol. The number of hydrogen-bond acceptors (Lipinski definition) is 4. The average Bonchev–Trinajstić information content (AvgIpc) is 2.72. The molecule has 0 radical (unpaired) electrons. The Morgan fingerprint density at radius 2 is 1.31 bits per heavy atom. The minimum Gasteiger partial charge on any atom is -0.458 e. The fraction of sp³-hybridized carbons (Fsp3) is 0.0833. The van der Waals surface area contributed by atoms with E-state index in [4.69, 9.17) is 67.3 Å². The molecule has 0 atom stereocenters. The Labute approximate surface area is 205 Å². The molecule has 4 nitrogen and oxygen atoms in total. The van der Waals surface area contributed by atoms with E-state index in [1.165, 1.54) is 0 Å². The van der Waals surface area contributed by atoms with Crippen molar-refractivity contribution in [3.63, 3.8) is 0 Å². The second kappa shape index (κ2) is 9.16. The lowest BCUT2D eigenvalue weighted by molar-refractivity contribution is 0.395. The highest BCUT2D eigenvalue weighted by Gasteiger charge is 2.35. The largest absolute Gasteiger partial charge is 0.458 e. The molecule has 32 heavy (non-hydrogen) atoms. The van der Waals surface area contributed by atoms with Crippen molar-refractivity contribution in [2.24, 2.45) is 0 Å². The van der Waals surface area contributed by atoms with Gasteiger partial charge in [-0.25, -0.2) is 0 Å². The van der Waals surface area contributed by atoms with Crippen LogP contribution in [0.5, 0.6) is 17.2 Å². The van der Waals surface area contributed by atoms with Crippen molar-refractivity contribution in [1.82, 2.24) is 0 Å². The van der Waals surface area contributed by atoms with Crippen LogP contribution in [0.25, 0.3) is 5.57 Å². The third-order valence-electron chi connectivity index (χ3n) is 4.74. The molecule has 1 aliphatic rings. The summed E-state index contributed by atoms with van der Waals surface area (Å²) in [5, 5.41) is 0.688. The number of hydrogen-bond donors (Lipinski definition) is 2. The quantitative estimate of drug-likeness (QED) is 0.272. The first-order chi connectivity index (χ1) is 15.2. The van der Waals surface area contributed by atoms with E-state index in [0.717, 1.165) is 11.1 Å². The molecule has 0 aliphatic heterocycles. The molecule has 0 heterocycles. The van der Waals surface area contributed by atoms with Crippen molar-refractivity contribution in [2.45, 2.75) is 10.8 Å². The molecule has 0 amide bonds. The van der Waals surface area contributed by atoms with Gasteiger partial charge in [-0.2, -0.15) is 0 Å². The van der Waals surface area contributed by atoms with E-state index in [0.29, 0.717) is 44.4 Å². The molecule has 0 aromatic heterocycles. The molecule has 0 bridgehead atoms. The number of rotatable bonds is 5. The minimum atomic E-state index is -1.29. The SMILES string of the molecule is Nc1cccc(OC2=CC=C(c3cc(Cl)c(Oc4cccc(N)c4)c(Cl)c3)CC2(Cl)Cl)c1. The summed E-state index contributed by atoms with van der Waals surface area (Å²) < 4.78 is 10.4. The molecule has 1 aliphatic carbocycles. The predicted molar refractivity (Wildman–Crippen MR) is 134 cm³/mol. The number of allylic oxidation sites excluding steroid dienone is 4. The van der Waals surface area contributed by atoms with Gasteiger partial charge < -0.3 is 20.9 Å². The maximum Gasteiger partial charge on any atom is 0.179 e. The zero-order valence-corrected chi connectivity index (χ0v) is 19.6. The van der Waals surface area contributed by atoms with Crippen LogP contribution in [-0.2, 0) is 0 Å². The molecule has 0 spiro atoms. The van der Waals surface area contributed by atoms with E-state index in [2.05, 4.69) is 0 Å². The lowest BCUT2D eigenvalue weighted by Crippen LogP contribution is -2.23. The van der Waals surface area contributed by atoms with Crippen LogP contribution < -0.4 is 20.9 Å². The first-order valence-corrected chi connectivity index (χ1v) is 11.1. The molecule has 3 aromatic carbocycles. The number of nitrogen functional groups attached to an aromatic ring is 2. The Bertz CT molecular complexity index is 1220. The van der Waals surface area contributed by atoms with Crippen molar-refractivity contribution < 1.29 is 9.47 Å². The number of alkyl halides is 2. The second-order valence-electron chi connectivity index (χ2n) is 7.22. The molecule has 0 fully saturated rings. The van der Waals surface area contributed by atoms with Gasteiger partial charge in [-0.15, -0.1) is 0 Å². The molecule has 0 saturated heterocycles. The van der Waals surface area contributed by atoms with Crippen LogP contribution in [0.2, 0.25) is 10.0 Å². The summed E-state index contributed by atoms with van der Waals surface area (Å²) in [5.41, 5.74) is 14.4. The fourth-order valence-electron chi connectivity index (χ4n) is 3.23. The van der Waals surface area contributed by atoms with Crippen molar-refractivity contribution in [1.29, 1.82) is 0 Å². The van der Waals surface area contributed by atoms with Crippen molar-refractivity contribution in [2.75, 3.05) is 11.5 Å². The topological polar surface area (TPSA) is 70.5 Å². The highest BCUT2D eigenvalue weighted by Crippen LogP contribution is 2.46. The Hall–Kier alpha value is -2.50. The Balaban J connectivity index is 1.60. The second-order valence-corrected chi connectivity index (χ2v) is 9.52. The number of nitrogens with two attached hydrogens (primary N) is 2. The summed E-state index contributed by atoms with van der Waals surface area (Å²) in [6.45, 7) is 0. The van der Waals surface area contributed by atoms with Gasteiger partial charge in [-0.3, -0.25) is 0 Å². The van der Waals surface area contributed by atoms with Crippen LogP contribution in [0.15, 0.2) is 78.6 Å². The Morgan fingerprint density at radius 1 is 0.750 bits per heavy atom. The van der Waals surface area contributed by atoms with E-state index in [1.54, 1.807) is 66.7 Å². The maximum absolute atomic E-state index is 6.60. The zero-order chi connectivity index (χ0) is 22.9. The summed E-state index contributed by atoms with van der Waals surface area (Å²) in [6, 6.07) is 17.5. The molecule has 3 aromatic rings. The Kier molecular flexibility index (Phi) is 6.50. The third-order valence-corrected chi connectivity index (χ3v) is 5.94. The van der Waals surface area contributed by atoms with Crippen molar-refractivity contribution in [3.8, 4) is 17.2 Å². The lowest BCUT2D eigenvalue weighted by Gasteiger charge is -2.28. The van der Waals surface area contributed by atoms with Gasteiger partial charge in [0.25, 0.3) is 0 Å². The summed E-state index contributed by atoms with van der Waals surface area (Å²) in [5.74, 6) is 1.82. The lowest BCUT2D eigenvalue weighted by atomic mass is 9.95. The van der Waals surface area contributed by atoms with Crippen LogP contribution in [-0.4, -0.2) is 4.33 Å². The van der Waals surface area contributed by atoms with Gasteiger partial charge in [0.05, 0.1) is 10.0 Å². The van der Waals surface area contributed by atoms with Gasteiger partial charge in [0.2, 0.25) is 0 Å². The normalized spacial score (nSPS) is 15.0. The molecule has 164 valence electrons.